The summed E-state index contributed by atoms with van der Waals surface area (Å²) in [5.41, 5.74) is 1.38. The topological polar surface area (TPSA) is 41.6 Å². The molecule has 1 aromatic carbocycles. The zero-order valence-electron chi connectivity index (χ0n) is 12.7. The fraction of sp³-hybridized carbons (Fsp3) is 0.533. The number of alkyl halides is 3. The highest BCUT2D eigenvalue weighted by atomic mass is 19.4. The first-order valence-electron chi connectivity index (χ1n) is 7.04. The molecule has 1 saturated heterocycles. The normalized spacial score (nSPS) is 19.8. The predicted molar refractivity (Wildman–Crippen MR) is 75.1 cm³/mol. The highest BCUT2D eigenvalue weighted by Crippen LogP contribution is 2.45. The molecular weight excluding hydrogens is 297 g/mol. The largest absolute Gasteiger partial charge is 0.494 e. The van der Waals surface area contributed by atoms with Crippen LogP contribution < -0.4 is 10.2 Å². The number of carbonyl (C=O) groups excluding carboxylic acids is 1. The van der Waals surface area contributed by atoms with Crippen LogP contribution in [0.1, 0.15) is 38.8 Å². The second-order valence-corrected chi connectivity index (χ2v) is 5.81. The van der Waals surface area contributed by atoms with E-state index in [1.807, 2.05) is 0 Å². The molecule has 1 aromatic rings. The van der Waals surface area contributed by atoms with E-state index in [9.17, 15) is 18.0 Å². The van der Waals surface area contributed by atoms with Crippen molar-refractivity contribution in [1.82, 2.24) is 10.4 Å². The zero-order valence-corrected chi connectivity index (χ0v) is 12.7. The van der Waals surface area contributed by atoms with Crippen molar-refractivity contribution >= 4 is 5.91 Å². The van der Waals surface area contributed by atoms with Gasteiger partial charge >= 0.3 is 6.18 Å². The van der Waals surface area contributed by atoms with Crippen LogP contribution in [0.25, 0.3) is 0 Å². The fourth-order valence-corrected chi connectivity index (χ4v) is 2.67. The zero-order chi connectivity index (χ0) is 16.5. The molecular formula is C15H19F3N2O2. The second-order valence-electron chi connectivity index (χ2n) is 5.81. The minimum atomic E-state index is -4.55. The Bertz CT molecular complexity index is 558. The Balaban J connectivity index is 2.51. The summed E-state index contributed by atoms with van der Waals surface area (Å²) in [6.45, 7) is 5.18. The smallest absolute Gasteiger partial charge is 0.410 e. The number of hydrogen-bond acceptors (Lipinski definition) is 3. The lowest BCUT2D eigenvalue weighted by Crippen LogP contribution is -2.51. The molecule has 1 heterocycles. The average molecular weight is 316 g/mol. The van der Waals surface area contributed by atoms with Crippen LogP contribution in [0.5, 0.6) is 5.75 Å². The Morgan fingerprint density at radius 2 is 2.00 bits per heavy atom. The number of rotatable bonds is 4. The van der Waals surface area contributed by atoms with E-state index in [1.165, 1.54) is 18.2 Å². The van der Waals surface area contributed by atoms with Crippen LogP contribution in [-0.4, -0.2) is 29.2 Å². The van der Waals surface area contributed by atoms with Crippen LogP contribution >= 0.6 is 0 Å². The van der Waals surface area contributed by atoms with Gasteiger partial charge in [-0.1, -0.05) is 18.2 Å². The quantitative estimate of drug-likeness (QED) is 0.927. The summed E-state index contributed by atoms with van der Waals surface area (Å²) >= 11 is 0. The maximum absolute atomic E-state index is 13.7. The number of nitrogens with zero attached hydrogens (tertiary/aromatic N) is 1. The van der Waals surface area contributed by atoms with E-state index in [4.69, 9.17) is 4.74 Å². The first-order chi connectivity index (χ1) is 10.2. The molecule has 0 spiro atoms. The summed E-state index contributed by atoms with van der Waals surface area (Å²) in [7, 11) is 0. The molecule has 1 unspecified atom stereocenters. The Hall–Kier alpha value is -1.76. The van der Waals surface area contributed by atoms with Crippen molar-refractivity contribution in [2.45, 2.75) is 44.9 Å². The number of halogens is 3. The van der Waals surface area contributed by atoms with Crippen molar-refractivity contribution in [3.8, 4) is 5.75 Å². The molecule has 1 aliphatic rings. The maximum Gasteiger partial charge on any atom is 0.410 e. The summed E-state index contributed by atoms with van der Waals surface area (Å²) < 4.78 is 46.4. The summed E-state index contributed by atoms with van der Waals surface area (Å²) in [6, 6.07) is 4.07. The minimum absolute atomic E-state index is 0.00729. The van der Waals surface area contributed by atoms with Crippen molar-refractivity contribution in [2.75, 3.05) is 6.61 Å². The molecule has 7 heteroatoms. The van der Waals surface area contributed by atoms with Gasteiger partial charge in [0, 0.05) is 17.5 Å². The Morgan fingerprint density at radius 3 is 2.50 bits per heavy atom. The molecule has 4 nitrogen and oxygen atoms in total. The molecule has 0 bridgehead atoms. The van der Waals surface area contributed by atoms with Crippen molar-refractivity contribution in [3.63, 3.8) is 0 Å². The van der Waals surface area contributed by atoms with Gasteiger partial charge in [-0.2, -0.15) is 18.2 Å². The standard InChI is InChI=1S/C15H19F3N2O2/c1-4-22-11-8-6-5-7-10(11)13(15(16,17)18)20-14(2,3)9-12(21)19-20/h5-8,13H,4,9H2,1-3H3,(H,19,21). The minimum Gasteiger partial charge on any atom is -0.494 e. The third-order valence-electron chi connectivity index (χ3n) is 3.57. The lowest BCUT2D eigenvalue weighted by molar-refractivity contribution is -0.204. The van der Waals surface area contributed by atoms with Gasteiger partial charge in [0.05, 0.1) is 6.61 Å². The maximum atomic E-state index is 13.7. The van der Waals surface area contributed by atoms with E-state index in [1.54, 1.807) is 26.8 Å². The van der Waals surface area contributed by atoms with Crippen LogP contribution in [0.4, 0.5) is 13.2 Å². The van der Waals surface area contributed by atoms with E-state index in [-0.39, 0.29) is 24.3 Å². The Kier molecular flexibility index (Phi) is 4.37. The molecule has 22 heavy (non-hydrogen) atoms. The van der Waals surface area contributed by atoms with Crippen LogP contribution in [-0.2, 0) is 4.79 Å². The highest BCUT2D eigenvalue weighted by molar-refractivity contribution is 5.79. The predicted octanol–water partition coefficient (Wildman–Crippen LogP) is 3.20. The number of amides is 1. The van der Waals surface area contributed by atoms with Crippen LogP contribution in [0.15, 0.2) is 24.3 Å². The van der Waals surface area contributed by atoms with Gasteiger partial charge < -0.3 is 4.74 Å². The van der Waals surface area contributed by atoms with Crippen LogP contribution in [0.3, 0.4) is 0 Å². The third-order valence-corrected chi connectivity index (χ3v) is 3.57. The molecule has 1 atom stereocenters. The molecule has 1 fully saturated rings. The van der Waals surface area contributed by atoms with Gasteiger partial charge in [-0.25, -0.2) is 0 Å². The molecule has 0 aromatic heterocycles. The van der Waals surface area contributed by atoms with Crippen molar-refractivity contribution in [1.29, 1.82) is 0 Å². The van der Waals surface area contributed by atoms with E-state index >= 15 is 0 Å². The number of hydrazine groups is 1. The van der Waals surface area contributed by atoms with Crippen LogP contribution in [0, 0.1) is 0 Å². The molecule has 0 aliphatic carbocycles. The molecule has 2 rings (SSSR count). The van der Waals surface area contributed by atoms with Crippen molar-refractivity contribution in [2.24, 2.45) is 0 Å². The molecule has 0 radical (unpaired) electrons. The van der Waals surface area contributed by atoms with Gasteiger partial charge in [0.1, 0.15) is 5.75 Å². The van der Waals surface area contributed by atoms with E-state index in [0.717, 1.165) is 5.01 Å². The van der Waals surface area contributed by atoms with Crippen molar-refractivity contribution in [3.05, 3.63) is 29.8 Å². The summed E-state index contributed by atoms with van der Waals surface area (Å²) in [6.07, 6.45) is -4.54. The third kappa shape index (κ3) is 3.19. The molecule has 0 saturated carbocycles. The number of nitrogens with one attached hydrogen (secondary N) is 1. The second kappa shape index (κ2) is 5.79. The first kappa shape index (κ1) is 16.6. The van der Waals surface area contributed by atoms with E-state index in [0.29, 0.717) is 0 Å². The van der Waals surface area contributed by atoms with Gasteiger partial charge in [-0.3, -0.25) is 10.2 Å². The van der Waals surface area contributed by atoms with Gasteiger partial charge in [0.15, 0.2) is 6.04 Å². The number of para-hydroxylation sites is 1. The summed E-state index contributed by atoms with van der Waals surface area (Å²) in [4.78, 5) is 11.6. The molecule has 1 N–H and O–H groups in total. The van der Waals surface area contributed by atoms with E-state index < -0.39 is 23.7 Å². The number of benzene rings is 1. The van der Waals surface area contributed by atoms with Gasteiger partial charge in [-0.15, -0.1) is 0 Å². The number of ether oxygens (including phenoxy) is 1. The van der Waals surface area contributed by atoms with Crippen molar-refractivity contribution < 1.29 is 22.7 Å². The van der Waals surface area contributed by atoms with Crippen LogP contribution in [0.2, 0.25) is 0 Å². The lowest BCUT2D eigenvalue weighted by Gasteiger charge is -2.38. The summed E-state index contributed by atoms with van der Waals surface area (Å²) in [5, 5.41) is 0.979. The van der Waals surface area contributed by atoms with Gasteiger partial charge in [0.2, 0.25) is 5.91 Å². The average Bonchev–Trinajstić information content (AvgIpc) is 2.64. The molecule has 1 amide bonds. The van der Waals surface area contributed by atoms with E-state index in [2.05, 4.69) is 5.43 Å². The number of carbonyl (C=O) groups is 1. The number of hydrogen-bond donors (Lipinski definition) is 1. The summed E-state index contributed by atoms with van der Waals surface area (Å²) in [5.74, 6) is -0.252. The fourth-order valence-electron chi connectivity index (χ4n) is 2.67. The Morgan fingerprint density at radius 1 is 1.36 bits per heavy atom. The SMILES string of the molecule is CCOc1ccccc1C(N1NC(=O)CC1(C)C)C(F)(F)F. The monoisotopic (exact) mass is 316 g/mol. The van der Waals surface area contributed by atoms with Gasteiger partial charge in [0.25, 0.3) is 0 Å². The first-order valence-corrected chi connectivity index (χ1v) is 7.04. The molecule has 1 aliphatic heterocycles. The Labute approximate surface area is 127 Å². The highest BCUT2D eigenvalue weighted by Gasteiger charge is 2.53. The molecule has 122 valence electrons. The van der Waals surface area contributed by atoms with Gasteiger partial charge in [-0.05, 0) is 26.8 Å². The lowest BCUT2D eigenvalue weighted by atomic mass is 9.96.